The summed E-state index contributed by atoms with van der Waals surface area (Å²) in [5.41, 5.74) is 2.72. The van der Waals surface area contributed by atoms with Gasteiger partial charge in [-0.2, -0.15) is 0 Å². The van der Waals surface area contributed by atoms with Gasteiger partial charge in [0.1, 0.15) is 0 Å². The maximum Gasteiger partial charge on any atom is 0.0463 e. The minimum atomic E-state index is 0.193. The maximum atomic E-state index is 3.24. The zero-order valence-electron chi connectivity index (χ0n) is 8.31. The van der Waals surface area contributed by atoms with Crippen molar-refractivity contribution < 1.29 is 0 Å². The first-order valence-electron chi connectivity index (χ1n) is 4.57. The first-order valence-corrected chi connectivity index (χ1v) is 4.57. The van der Waals surface area contributed by atoms with E-state index in [1.54, 1.807) is 0 Å². The van der Waals surface area contributed by atoms with E-state index >= 15 is 0 Å². The van der Waals surface area contributed by atoms with Crippen LogP contribution in [0.1, 0.15) is 26.3 Å². The SMILES string of the molecule is CC(C)(C)c1cccc2[nH]c[c]c12. The van der Waals surface area contributed by atoms with E-state index in [0.29, 0.717) is 0 Å². The molecule has 1 heterocycles. The van der Waals surface area contributed by atoms with E-state index < -0.39 is 0 Å². The number of rotatable bonds is 0. The molecule has 1 radical (unpaired) electrons. The number of aromatic amines is 1. The molecule has 1 heteroatoms. The van der Waals surface area contributed by atoms with E-state index in [0.717, 1.165) is 0 Å². The van der Waals surface area contributed by atoms with E-state index in [-0.39, 0.29) is 5.41 Å². The van der Waals surface area contributed by atoms with Crippen LogP contribution < -0.4 is 0 Å². The quantitative estimate of drug-likeness (QED) is 0.627. The molecular weight excluding hydrogens is 158 g/mol. The number of fused-ring (bicyclic) bond motifs is 1. The highest BCUT2D eigenvalue weighted by Crippen LogP contribution is 2.28. The summed E-state index contributed by atoms with van der Waals surface area (Å²) in [5, 5.41) is 1.22. The first kappa shape index (κ1) is 8.36. The van der Waals surface area contributed by atoms with Crippen molar-refractivity contribution in [2.75, 3.05) is 0 Å². The molecule has 0 aliphatic rings. The first-order chi connectivity index (χ1) is 6.09. The molecule has 0 aliphatic heterocycles. The molecule has 67 valence electrons. The molecule has 1 nitrogen and oxygen atoms in total. The summed E-state index contributed by atoms with van der Waals surface area (Å²) in [7, 11) is 0. The van der Waals surface area contributed by atoms with Gasteiger partial charge in [-0.1, -0.05) is 32.9 Å². The molecule has 0 atom stereocenters. The van der Waals surface area contributed by atoms with Crippen molar-refractivity contribution >= 4 is 10.9 Å². The molecule has 13 heavy (non-hydrogen) atoms. The van der Waals surface area contributed by atoms with Gasteiger partial charge in [0.2, 0.25) is 0 Å². The van der Waals surface area contributed by atoms with E-state index in [9.17, 15) is 0 Å². The minimum Gasteiger partial charge on any atom is -0.361 e. The lowest BCUT2D eigenvalue weighted by atomic mass is 9.85. The van der Waals surface area contributed by atoms with Crippen molar-refractivity contribution in [1.29, 1.82) is 0 Å². The molecular formula is C12H14N. The molecule has 0 fully saturated rings. The molecule has 0 unspecified atom stereocenters. The number of aromatic nitrogens is 1. The summed E-state index contributed by atoms with van der Waals surface area (Å²) in [4.78, 5) is 3.18. The van der Waals surface area contributed by atoms with Gasteiger partial charge in [0, 0.05) is 23.2 Å². The largest absolute Gasteiger partial charge is 0.361 e. The van der Waals surface area contributed by atoms with Crippen LogP contribution in [0.15, 0.2) is 24.4 Å². The summed E-state index contributed by atoms with van der Waals surface area (Å²) in [5.74, 6) is 0. The summed E-state index contributed by atoms with van der Waals surface area (Å²) < 4.78 is 0. The Morgan fingerprint density at radius 3 is 2.69 bits per heavy atom. The van der Waals surface area contributed by atoms with Crippen LogP contribution in [-0.4, -0.2) is 4.98 Å². The maximum absolute atomic E-state index is 3.24. The fraction of sp³-hybridized carbons (Fsp3) is 0.333. The monoisotopic (exact) mass is 172 g/mol. The standard InChI is InChI=1S/C12H14N/c1-12(2,3)10-5-4-6-11-9(10)7-8-13-11/h4-6,8,13H,1-3H3. The van der Waals surface area contributed by atoms with E-state index in [4.69, 9.17) is 0 Å². The number of hydrogen-bond acceptors (Lipinski definition) is 0. The predicted octanol–water partition coefficient (Wildman–Crippen LogP) is 3.27. The molecule has 2 rings (SSSR count). The Kier molecular flexibility index (Phi) is 1.69. The third-order valence-electron chi connectivity index (χ3n) is 2.32. The molecule has 0 spiro atoms. The third-order valence-corrected chi connectivity index (χ3v) is 2.32. The second kappa shape index (κ2) is 2.63. The van der Waals surface area contributed by atoms with Crippen LogP contribution >= 0.6 is 0 Å². The van der Waals surface area contributed by atoms with E-state index in [2.05, 4.69) is 50.0 Å². The van der Waals surface area contributed by atoms with Crippen LogP contribution in [0.5, 0.6) is 0 Å². The van der Waals surface area contributed by atoms with Gasteiger partial charge in [0.25, 0.3) is 0 Å². The number of H-pyrrole nitrogens is 1. The van der Waals surface area contributed by atoms with Crippen LogP contribution in [0.2, 0.25) is 0 Å². The minimum absolute atomic E-state index is 0.193. The van der Waals surface area contributed by atoms with Crippen LogP contribution in [0.4, 0.5) is 0 Å². The highest BCUT2D eigenvalue weighted by atomic mass is 14.7. The third kappa shape index (κ3) is 1.35. The number of hydrogen-bond donors (Lipinski definition) is 1. The highest BCUT2D eigenvalue weighted by molar-refractivity contribution is 5.83. The summed E-state index contributed by atoms with van der Waals surface area (Å²) >= 11 is 0. The zero-order valence-corrected chi connectivity index (χ0v) is 8.31. The smallest absolute Gasteiger partial charge is 0.0463 e. The molecule has 0 saturated heterocycles. The fourth-order valence-corrected chi connectivity index (χ4v) is 1.64. The zero-order chi connectivity index (χ0) is 9.47. The second-order valence-corrected chi connectivity index (χ2v) is 4.41. The lowest BCUT2D eigenvalue weighted by Gasteiger charge is -2.19. The van der Waals surface area contributed by atoms with Crippen molar-refractivity contribution in [2.45, 2.75) is 26.2 Å². The highest BCUT2D eigenvalue weighted by Gasteiger charge is 2.16. The molecule has 0 bridgehead atoms. The summed E-state index contributed by atoms with van der Waals surface area (Å²) in [6, 6.07) is 9.59. The summed E-state index contributed by atoms with van der Waals surface area (Å²) in [6.45, 7) is 6.67. The van der Waals surface area contributed by atoms with Crippen LogP contribution in [0, 0.1) is 6.07 Å². The van der Waals surface area contributed by atoms with Crippen molar-refractivity contribution in [3.8, 4) is 0 Å². The van der Waals surface area contributed by atoms with Crippen LogP contribution in [0.3, 0.4) is 0 Å². The normalized spacial score (nSPS) is 12.2. The molecule has 1 N–H and O–H groups in total. The Morgan fingerprint density at radius 2 is 2.00 bits per heavy atom. The Morgan fingerprint density at radius 1 is 1.23 bits per heavy atom. The van der Waals surface area contributed by atoms with Gasteiger partial charge < -0.3 is 4.98 Å². The van der Waals surface area contributed by atoms with E-state index in [1.807, 2.05) is 6.20 Å². The topological polar surface area (TPSA) is 15.8 Å². The van der Waals surface area contributed by atoms with Gasteiger partial charge in [0.15, 0.2) is 0 Å². The molecule has 1 aromatic heterocycles. The van der Waals surface area contributed by atoms with Gasteiger partial charge in [-0.25, -0.2) is 0 Å². The van der Waals surface area contributed by atoms with Gasteiger partial charge >= 0.3 is 0 Å². The Balaban J connectivity index is 2.75. The second-order valence-electron chi connectivity index (χ2n) is 4.41. The Hall–Kier alpha value is -1.24. The van der Waals surface area contributed by atoms with Crippen molar-refractivity contribution in [3.63, 3.8) is 0 Å². The van der Waals surface area contributed by atoms with Crippen LogP contribution in [-0.2, 0) is 5.41 Å². The molecule has 1 aromatic carbocycles. The number of nitrogens with one attached hydrogen (secondary N) is 1. The summed E-state index contributed by atoms with van der Waals surface area (Å²) in [6.07, 6.45) is 1.87. The average Bonchev–Trinajstić information content (AvgIpc) is 2.48. The lowest BCUT2D eigenvalue weighted by molar-refractivity contribution is 0.596. The van der Waals surface area contributed by atoms with Crippen molar-refractivity contribution in [2.24, 2.45) is 0 Å². The molecule has 0 amide bonds. The number of benzene rings is 1. The molecule has 2 aromatic rings. The van der Waals surface area contributed by atoms with Gasteiger partial charge in [-0.15, -0.1) is 0 Å². The van der Waals surface area contributed by atoms with Gasteiger partial charge in [-0.05, 0) is 17.0 Å². The van der Waals surface area contributed by atoms with E-state index in [1.165, 1.54) is 16.5 Å². The van der Waals surface area contributed by atoms with Crippen molar-refractivity contribution in [3.05, 3.63) is 36.0 Å². The van der Waals surface area contributed by atoms with Crippen LogP contribution in [0.25, 0.3) is 10.9 Å². The fourth-order valence-electron chi connectivity index (χ4n) is 1.64. The Labute approximate surface area is 78.8 Å². The van der Waals surface area contributed by atoms with Crippen molar-refractivity contribution in [1.82, 2.24) is 4.98 Å². The molecule has 0 aliphatic carbocycles. The van der Waals surface area contributed by atoms with Gasteiger partial charge in [-0.3, -0.25) is 0 Å². The van der Waals surface area contributed by atoms with Gasteiger partial charge in [0.05, 0.1) is 0 Å². The predicted molar refractivity (Wildman–Crippen MR) is 55.8 cm³/mol. The average molecular weight is 172 g/mol. The molecule has 0 saturated carbocycles. The lowest BCUT2D eigenvalue weighted by Crippen LogP contribution is -2.11. The Bertz CT molecular complexity index is 418.